The van der Waals surface area contributed by atoms with Gasteiger partial charge < -0.3 is 36.6 Å². The third-order valence-electron chi connectivity index (χ3n) is 7.94. The molecule has 0 atom stereocenters. The summed E-state index contributed by atoms with van der Waals surface area (Å²) in [4.78, 5) is 25.6. The molecular weight excluding hydrogens is 666 g/mol. The second-order valence-corrected chi connectivity index (χ2v) is 13.6. The number of benzene rings is 2. The molecule has 4 aromatic rings. The zero-order chi connectivity index (χ0) is 34.9. The number of nitrogens with zero attached hydrogens (tertiary/aromatic N) is 4. The zero-order valence-corrected chi connectivity index (χ0v) is 29.1. The molecule has 0 amide bonds. The van der Waals surface area contributed by atoms with Gasteiger partial charge in [0.25, 0.3) is 0 Å². The summed E-state index contributed by atoms with van der Waals surface area (Å²) in [5, 5.41) is 23.2. The summed E-state index contributed by atoms with van der Waals surface area (Å²) in [7, 11) is 1.91. The van der Waals surface area contributed by atoms with Gasteiger partial charge in [-0.3, -0.25) is 4.90 Å². The summed E-state index contributed by atoms with van der Waals surface area (Å²) in [6.07, 6.45) is 3.01. The number of halogens is 1. The number of nitrogens with two attached hydrogens (primary N) is 2. The van der Waals surface area contributed by atoms with Crippen molar-refractivity contribution in [1.82, 2.24) is 14.9 Å². The first-order chi connectivity index (χ1) is 23.6. The van der Waals surface area contributed by atoms with Gasteiger partial charge in [-0.2, -0.15) is 0 Å². The van der Waals surface area contributed by atoms with Crippen molar-refractivity contribution < 1.29 is 24.1 Å². The molecule has 11 nitrogen and oxygen atoms in total. The number of carboxylic acids is 1. The van der Waals surface area contributed by atoms with Gasteiger partial charge in [0.1, 0.15) is 11.6 Å². The first-order valence-corrected chi connectivity index (χ1v) is 17.6. The maximum absolute atomic E-state index is 14.7. The molecule has 2 aromatic heterocycles. The Bertz CT molecular complexity index is 1890. The molecule has 14 heteroatoms. The summed E-state index contributed by atoms with van der Waals surface area (Å²) in [6.45, 7) is 4.04. The number of thiazole rings is 2. The number of aliphatic hydroxyl groups excluding tert-OH is 1. The third-order valence-corrected chi connectivity index (χ3v) is 10.0. The van der Waals surface area contributed by atoms with E-state index in [4.69, 9.17) is 21.3 Å². The van der Waals surface area contributed by atoms with Crippen LogP contribution in [0, 0.1) is 17.7 Å². The Morgan fingerprint density at radius 1 is 1.20 bits per heavy atom. The molecule has 0 fully saturated rings. The molecule has 0 saturated heterocycles. The van der Waals surface area contributed by atoms with Crippen molar-refractivity contribution in [3.05, 3.63) is 87.2 Å². The molecule has 3 heterocycles. The highest BCUT2D eigenvalue weighted by Crippen LogP contribution is 2.35. The van der Waals surface area contributed by atoms with Crippen LogP contribution in [0.4, 0.5) is 14.7 Å². The second-order valence-electron chi connectivity index (χ2n) is 11.6. The molecule has 0 aliphatic carbocycles. The number of anilines is 2. The Balaban J connectivity index is 1.21. The van der Waals surface area contributed by atoms with Crippen LogP contribution >= 0.6 is 22.7 Å². The van der Waals surface area contributed by atoms with Crippen LogP contribution in [-0.4, -0.2) is 70.9 Å². The fourth-order valence-electron chi connectivity index (χ4n) is 5.30. The Morgan fingerprint density at radius 2 is 2.02 bits per heavy atom. The van der Waals surface area contributed by atoms with Gasteiger partial charge in [-0.05, 0) is 87.6 Å². The molecule has 0 spiro atoms. The minimum Gasteiger partial charge on any atom is -0.491 e. The average Bonchev–Trinajstić information content (AvgIpc) is 3.70. The fourth-order valence-corrected chi connectivity index (χ4v) is 7.31. The van der Waals surface area contributed by atoms with Gasteiger partial charge >= 0.3 is 5.97 Å². The Kier molecular flexibility index (Phi) is 12.1. The van der Waals surface area contributed by atoms with E-state index in [1.165, 1.54) is 28.7 Å². The number of hydrogen-bond acceptors (Lipinski definition) is 12. The number of nitrogens with one attached hydrogen (secondary N) is 1. The Hall–Kier alpha value is -4.68. The monoisotopic (exact) mass is 705 g/mol. The predicted molar refractivity (Wildman–Crippen MR) is 193 cm³/mol. The number of allylic oxidation sites excluding steroid dienone is 2. The number of para-hydroxylation sites is 1. The van der Waals surface area contributed by atoms with E-state index < -0.39 is 11.8 Å². The highest BCUT2D eigenvalue weighted by Gasteiger charge is 2.26. The summed E-state index contributed by atoms with van der Waals surface area (Å²) >= 11 is 2.79. The van der Waals surface area contributed by atoms with Crippen LogP contribution in [0.2, 0.25) is 0 Å². The van der Waals surface area contributed by atoms with E-state index in [0.29, 0.717) is 71.1 Å². The number of aryl methyl sites for hydroxylation is 1. The van der Waals surface area contributed by atoms with Crippen LogP contribution < -0.4 is 26.4 Å². The summed E-state index contributed by atoms with van der Waals surface area (Å²) in [5.41, 5.74) is 16.2. The van der Waals surface area contributed by atoms with Crippen LogP contribution in [0.1, 0.15) is 53.5 Å². The number of rotatable bonds is 14. The summed E-state index contributed by atoms with van der Waals surface area (Å²) in [5.74, 6) is 5.34. The normalized spacial score (nSPS) is 13.8. The van der Waals surface area contributed by atoms with E-state index in [-0.39, 0.29) is 24.7 Å². The number of hydrogen-bond donors (Lipinski definition) is 5. The van der Waals surface area contributed by atoms with E-state index in [1.54, 1.807) is 12.1 Å². The molecule has 7 N–H and O–H groups in total. The molecule has 0 saturated carbocycles. The van der Waals surface area contributed by atoms with Crippen molar-refractivity contribution in [3.63, 3.8) is 0 Å². The lowest BCUT2D eigenvalue weighted by molar-refractivity contribution is 0.0690. The molecule has 0 bridgehead atoms. The van der Waals surface area contributed by atoms with Gasteiger partial charge in [-0.25, -0.2) is 19.2 Å². The van der Waals surface area contributed by atoms with Gasteiger partial charge in [-0.1, -0.05) is 35.3 Å². The van der Waals surface area contributed by atoms with Crippen LogP contribution in [0.15, 0.2) is 65.3 Å². The van der Waals surface area contributed by atoms with Crippen molar-refractivity contribution in [1.29, 1.82) is 0 Å². The predicted octanol–water partition coefficient (Wildman–Crippen LogP) is 5.34. The van der Waals surface area contributed by atoms with Crippen molar-refractivity contribution in [2.24, 2.45) is 11.5 Å². The van der Waals surface area contributed by atoms with E-state index in [2.05, 4.69) is 27.1 Å². The quantitative estimate of drug-likeness (QED) is 0.0850. The number of fused-ring (bicyclic) bond motifs is 1. The number of carboxylic acid groups (broad SMARTS) is 1. The number of aliphatic hydroxyl groups is 1. The molecule has 0 unspecified atom stereocenters. The third kappa shape index (κ3) is 9.07. The summed E-state index contributed by atoms with van der Waals surface area (Å²) < 4.78 is 21.4. The maximum Gasteiger partial charge on any atom is 0.355 e. The molecule has 5 rings (SSSR count). The summed E-state index contributed by atoms with van der Waals surface area (Å²) in [6, 6.07) is 12.4. The standard InChI is InChI=1S/C35H40FN7O4S2/c1-22(31(37)41-34-39-26-11-3-4-12-28(26)48-34)24-10-6-18-43(32(24)38)35-40-30(33(45)46)29(49-35)13-7-20-47-27-15-14-23(21-25(27)36)9-5-16-42(2)17-8-19-44/h3-4,11-12,14-15,21,44H,6-8,10,13,16-20,37-38H2,1-2H3,(H,39,41)(H,45,46)/b31-22+. The van der Waals surface area contributed by atoms with E-state index in [1.807, 2.05) is 48.0 Å². The molecule has 2 aromatic carbocycles. The van der Waals surface area contributed by atoms with Crippen LogP contribution in [-0.2, 0) is 6.42 Å². The van der Waals surface area contributed by atoms with Crippen LogP contribution in [0.25, 0.3) is 10.2 Å². The van der Waals surface area contributed by atoms with Crippen molar-refractivity contribution in [2.45, 2.75) is 39.0 Å². The average molecular weight is 706 g/mol. The van der Waals surface area contributed by atoms with Crippen molar-refractivity contribution in [2.75, 3.05) is 50.1 Å². The maximum atomic E-state index is 14.7. The fraction of sp³-hybridized carbons (Fsp3) is 0.343. The Labute approximate surface area is 292 Å². The lowest BCUT2D eigenvalue weighted by Crippen LogP contribution is -2.34. The number of carbonyl (C=O) groups is 1. The molecule has 258 valence electrons. The van der Waals surface area contributed by atoms with E-state index in [0.717, 1.165) is 34.3 Å². The minimum absolute atomic E-state index is 0.0275. The zero-order valence-electron chi connectivity index (χ0n) is 27.5. The largest absolute Gasteiger partial charge is 0.491 e. The number of ether oxygens (including phenoxy) is 1. The highest BCUT2D eigenvalue weighted by molar-refractivity contribution is 7.22. The van der Waals surface area contributed by atoms with Crippen LogP contribution in [0.3, 0.4) is 0 Å². The molecule has 1 aliphatic rings. The van der Waals surface area contributed by atoms with Gasteiger partial charge in [0, 0.05) is 30.1 Å². The lowest BCUT2D eigenvalue weighted by atomic mass is 9.99. The van der Waals surface area contributed by atoms with E-state index in [9.17, 15) is 14.3 Å². The van der Waals surface area contributed by atoms with Gasteiger partial charge in [0.2, 0.25) is 0 Å². The first kappa shape index (κ1) is 35.6. The van der Waals surface area contributed by atoms with Crippen LogP contribution in [0.5, 0.6) is 5.75 Å². The SMILES string of the molecule is C/C(C1=C(N)N(c2nc(C(=O)O)c(CCCOc3ccc(C#CCN(C)CCCO)cc3F)s2)CCC1)=C(/N)Nc1nc2ccccc2s1. The molecular formula is C35H40FN7O4S2. The van der Waals surface area contributed by atoms with Gasteiger partial charge in [0.05, 0.1) is 23.4 Å². The van der Waals surface area contributed by atoms with Crippen molar-refractivity contribution in [3.8, 4) is 17.6 Å². The van der Waals surface area contributed by atoms with Crippen molar-refractivity contribution >= 4 is 49.1 Å². The minimum atomic E-state index is -1.12. The second kappa shape index (κ2) is 16.6. The first-order valence-electron chi connectivity index (χ1n) is 15.9. The lowest BCUT2D eigenvalue weighted by Gasteiger charge is -2.30. The Morgan fingerprint density at radius 3 is 2.78 bits per heavy atom. The van der Waals surface area contributed by atoms with E-state index >= 15 is 0 Å². The molecule has 1 aliphatic heterocycles. The number of aromatic nitrogens is 2. The topological polar surface area (TPSA) is 163 Å². The smallest absolute Gasteiger partial charge is 0.355 e. The van der Waals surface area contributed by atoms with Gasteiger partial charge in [0.15, 0.2) is 27.5 Å². The van der Waals surface area contributed by atoms with Gasteiger partial charge in [-0.15, -0.1) is 11.3 Å². The molecule has 0 radical (unpaired) electrons. The number of aromatic carboxylic acids is 1. The molecule has 49 heavy (non-hydrogen) atoms. The highest BCUT2D eigenvalue weighted by atomic mass is 32.1.